The molecule has 1 aromatic heterocycles. The van der Waals surface area contributed by atoms with Crippen LogP contribution < -0.4 is 5.73 Å². The molecule has 0 aliphatic carbocycles. The summed E-state index contributed by atoms with van der Waals surface area (Å²) in [6, 6.07) is 5.95. The Morgan fingerprint density at radius 2 is 2.20 bits per heavy atom. The van der Waals surface area contributed by atoms with Crippen molar-refractivity contribution in [3.05, 3.63) is 35.6 Å². The van der Waals surface area contributed by atoms with E-state index in [-0.39, 0.29) is 17.1 Å². The van der Waals surface area contributed by atoms with Crippen LogP contribution in [0.3, 0.4) is 0 Å². The molecule has 0 spiro atoms. The molecule has 1 heterocycles. The standard InChI is InChI=1S/C13H14FN3O2S/c1-2-7-20-12-10(13(18)19)11(15)17(16-12)9-6-4-3-5-8(9)14/h3-6H,2,7,15H2,1H3,(H,18,19). The van der Waals surface area contributed by atoms with Crippen molar-refractivity contribution in [2.24, 2.45) is 0 Å². The molecular weight excluding hydrogens is 281 g/mol. The summed E-state index contributed by atoms with van der Waals surface area (Å²) in [5, 5.41) is 13.7. The molecule has 0 saturated heterocycles. The Balaban J connectivity index is 2.55. The summed E-state index contributed by atoms with van der Waals surface area (Å²) in [6.07, 6.45) is 0.871. The van der Waals surface area contributed by atoms with Crippen molar-refractivity contribution in [1.82, 2.24) is 9.78 Å². The number of nitrogens with two attached hydrogens (primary N) is 1. The highest BCUT2D eigenvalue weighted by Gasteiger charge is 2.23. The molecule has 0 radical (unpaired) electrons. The van der Waals surface area contributed by atoms with Gasteiger partial charge in [-0.15, -0.1) is 11.8 Å². The average Bonchev–Trinajstić information content (AvgIpc) is 2.74. The van der Waals surface area contributed by atoms with Crippen molar-refractivity contribution >= 4 is 23.5 Å². The van der Waals surface area contributed by atoms with Crippen LogP contribution in [0.5, 0.6) is 0 Å². The van der Waals surface area contributed by atoms with Crippen LogP contribution in [0.4, 0.5) is 10.2 Å². The summed E-state index contributed by atoms with van der Waals surface area (Å²) in [7, 11) is 0. The smallest absolute Gasteiger partial charge is 0.342 e. The molecule has 2 rings (SSSR count). The Kier molecular flexibility index (Phi) is 4.29. The van der Waals surface area contributed by atoms with Crippen LogP contribution in [0.25, 0.3) is 5.69 Å². The van der Waals surface area contributed by atoms with Gasteiger partial charge in [-0.1, -0.05) is 19.1 Å². The third-order valence-corrected chi connectivity index (χ3v) is 3.80. The highest BCUT2D eigenvalue weighted by Crippen LogP contribution is 2.29. The third kappa shape index (κ3) is 2.62. The minimum absolute atomic E-state index is 0.0683. The number of nitrogens with zero attached hydrogens (tertiary/aromatic N) is 2. The molecule has 0 fully saturated rings. The Morgan fingerprint density at radius 1 is 1.50 bits per heavy atom. The number of hydrogen-bond donors (Lipinski definition) is 2. The third-order valence-electron chi connectivity index (χ3n) is 2.63. The van der Waals surface area contributed by atoms with Gasteiger partial charge in [0.05, 0.1) is 0 Å². The second-order valence-electron chi connectivity index (χ2n) is 4.08. The van der Waals surface area contributed by atoms with Crippen LogP contribution in [0.15, 0.2) is 29.3 Å². The lowest BCUT2D eigenvalue weighted by Crippen LogP contribution is -2.07. The van der Waals surface area contributed by atoms with Crippen LogP contribution in [-0.2, 0) is 0 Å². The highest BCUT2D eigenvalue weighted by atomic mass is 32.2. The van der Waals surface area contributed by atoms with Crippen LogP contribution in [0.1, 0.15) is 23.7 Å². The average molecular weight is 295 g/mol. The lowest BCUT2D eigenvalue weighted by molar-refractivity contribution is 0.0694. The molecule has 3 N–H and O–H groups in total. The van der Waals surface area contributed by atoms with Crippen LogP contribution >= 0.6 is 11.8 Å². The first-order chi connectivity index (χ1) is 9.56. The van der Waals surface area contributed by atoms with E-state index in [2.05, 4.69) is 5.10 Å². The van der Waals surface area contributed by atoms with E-state index < -0.39 is 11.8 Å². The summed E-state index contributed by atoms with van der Waals surface area (Å²) < 4.78 is 14.9. The SMILES string of the molecule is CCCSc1nn(-c2ccccc2F)c(N)c1C(=O)O. The number of rotatable bonds is 5. The van der Waals surface area contributed by atoms with Gasteiger partial charge >= 0.3 is 5.97 Å². The first-order valence-electron chi connectivity index (χ1n) is 6.05. The summed E-state index contributed by atoms with van der Waals surface area (Å²) in [4.78, 5) is 11.3. The monoisotopic (exact) mass is 295 g/mol. The zero-order valence-electron chi connectivity index (χ0n) is 10.8. The zero-order chi connectivity index (χ0) is 14.7. The van der Waals surface area contributed by atoms with E-state index in [1.54, 1.807) is 12.1 Å². The first-order valence-corrected chi connectivity index (χ1v) is 7.04. The number of aromatic nitrogens is 2. The van der Waals surface area contributed by atoms with Gasteiger partial charge in [0.25, 0.3) is 0 Å². The van der Waals surface area contributed by atoms with Crippen molar-refractivity contribution < 1.29 is 14.3 Å². The van der Waals surface area contributed by atoms with Gasteiger partial charge in [0, 0.05) is 0 Å². The van der Waals surface area contributed by atoms with Crippen molar-refractivity contribution in [3.8, 4) is 5.69 Å². The number of aromatic carboxylic acids is 1. The summed E-state index contributed by atoms with van der Waals surface area (Å²) in [5.41, 5.74) is 5.88. The fraction of sp³-hybridized carbons (Fsp3) is 0.231. The molecule has 20 heavy (non-hydrogen) atoms. The molecule has 106 valence electrons. The van der Waals surface area contributed by atoms with Crippen LogP contribution in [0, 0.1) is 5.82 Å². The maximum absolute atomic E-state index is 13.8. The number of hydrogen-bond acceptors (Lipinski definition) is 4. The molecule has 7 heteroatoms. The number of carboxylic acids is 1. The van der Waals surface area contributed by atoms with Crippen molar-refractivity contribution in [1.29, 1.82) is 0 Å². The van der Waals surface area contributed by atoms with E-state index in [1.165, 1.54) is 23.9 Å². The summed E-state index contributed by atoms with van der Waals surface area (Å²) in [5.74, 6) is -1.02. The van der Waals surface area contributed by atoms with Crippen molar-refractivity contribution in [2.75, 3.05) is 11.5 Å². The Hall–Kier alpha value is -2.02. The lowest BCUT2D eigenvalue weighted by Gasteiger charge is -2.04. The first kappa shape index (κ1) is 14.4. The Labute approximate surface area is 119 Å². The molecule has 0 unspecified atom stereocenters. The van der Waals surface area contributed by atoms with Gasteiger partial charge in [-0.25, -0.2) is 13.9 Å². The minimum atomic E-state index is -1.16. The van der Waals surface area contributed by atoms with Crippen molar-refractivity contribution in [2.45, 2.75) is 18.4 Å². The fourth-order valence-electron chi connectivity index (χ4n) is 1.72. The molecule has 2 aromatic rings. The predicted octanol–water partition coefficient (Wildman–Crippen LogP) is 2.79. The number of carbonyl (C=O) groups is 1. The topological polar surface area (TPSA) is 81.1 Å². The van der Waals surface area contributed by atoms with Gasteiger partial charge in [-0.2, -0.15) is 5.10 Å². The number of halogens is 1. The lowest BCUT2D eigenvalue weighted by atomic mass is 10.3. The van der Waals surface area contributed by atoms with E-state index in [0.717, 1.165) is 11.1 Å². The van der Waals surface area contributed by atoms with Crippen LogP contribution in [-0.4, -0.2) is 26.6 Å². The van der Waals surface area contributed by atoms with Gasteiger partial charge in [0.2, 0.25) is 0 Å². The molecule has 0 aliphatic rings. The minimum Gasteiger partial charge on any atom is -0.477 e. The number of nitrogen functional groups attached to an aromatic ring is 1. The largest absolute Gasteiger partial charge is 0.477 e. The van der Waals surface area contributed by atoms with Gasteiger partial charge in [0.15, 0.2) is 0 Å². The van der Waals surface area contributed by atoms with Gasteiger partial charge in [-0.3, -0.25) is 0 Å². The molecular formula is C13H14FN3O2S. The predicted molar refractivity (Wildman–Crippen MR) is 75.9 cm³/mol. The molecule has 0 saturated carbocycles. The number of thioether (sulfide) groups is 1. The van der Waals surface area contributed by atoms with E-state index in [4.69, 9.17) is 5.73 Å². The normalized spacial score (nSPS) is 10.7. The maximum atomic E-state index is 13.8. The number of benzene rings is 1. The van der Waals surface area contributed by atoms with E-state index in [9.17, 15) is 14.3 Å². The second-order valence-corrected chi connectivity index (χ2v) is 5.17. The molecule has 0 atom stereocenters. The number of para-hydroxylation sites is 1. The Morgan fingerprint density at radius 3 is 2.80 bits per heavy atom. The number of carboxylic acid groups (broad SMARTS) is 1. The molecule has 0 aliphatic heterocycles. The molecule has 0 bridgehead atoms. The van der Waals surface area contributed by atoms with Crippen molar-refractivity contribution in [3.63, 3.8) is 0 Å². The van der Waals surface area contributed by atoms with E-state index in [1.807, 2.05) is 6.92 Å². The maximum Gasteiger partial charge on any atom is 0.342 e. The molecule has 5 nitrogen and oxygen atoms in total. The Bertz CT molecular complexity index is 643. The second kappa shape index (κ2) is 5.96. The molecule has 0 amide bonds. The quantitative estimate of drug-likeness (QED) is 0.829. The summed E-state index contributed by atoms with van der Waals surface area (Å²) in [6.45, 7) is 1.98. The van der Waals surface area contributed by atoms with Gasteiger partial charge in [0.1, 0.15) is 27.9 Å². The van der Waals surface area contributed by atoms with E-state index in [0.29, 0.717) is 10.8 Å². The van der Waals surface area contributed by atoms with Crippen LogP contribution in [0.2, 0.25) is 0 Å². The highest BCUT2D eigenvalue weighted by molar-refractivity contribution is 7.99. The summed E-state index contributed by atoms with van der Waals surface area (Å²) >= 11 is 1.30. The molecule has 1 aromatic carbocycles. The van der Waals surface area contributed by atoms with Gasteiger partial charge < -0.3 is 10.8 Å². The van der Waals surface area contributed by atoms with Gasteiger partial charge in [-0.05, 0) is 24.3 Å². The number of anilines is 1. The fourth-order valence-corrected chi connectivity index (χ4v) is 2.59. The van der Waals surface area contributed by atoms with E-state index >= 15 is 0 Å². The zero-order valence-corrected chi connectivity index (χ0v) is 11.7.